The van der Waals surface area contributed by atoms with E-state index in [1.54, 1.807) is 11.3 Å². The van der Waals surface area contributed by atoms with Crippen molar-refractivity contribution in [3.05, 3.63) is 22.7 Å². The van der Waals surface area contributed by atoms with Gasteiger partial charge in [0.1, 0.15) is 11.2 Å². The van der Waals surface area contributed by atoms with Gasteiger partial charge in [-0.3, -0.25) is 9.59 Å². The first-order valence-electron chi connectivity index (χ1n) is 13.5. The van der Waals surface area contributed by atoms with E-state index in [9.17, 15) is 9.59 Å². The summed E-state index contributed by atoms with van der Waals surface area (Å²) in [6.07, 6.45) is 11.4. The van der Waals surface area contributed by atoms with Gasteiger partial charge in [0.25, 0.3) is 5.91 Å². The van der Waals surface area contributed by atoms with Crippen molar-refractivity contribution < 1.29 is 9.59 Å². The summed E-state index contributed by atoms with van der Waals surface area (Å²) in [5, 5.41) is 3.38. The summed E-state index contributed by atoms with van der Waals surface area (Å²) in [6, 6.07) is 4.49. The van der Waals surface area contributed by atoms with Gasteiger partial charge in [-0.05, 0) is 77.2 Å². The minimum Gasteiger partial charge on any atom is -0.351 e. The molecule has 3 aliphatic rings. The molecule has 2 aromatic heterocycles. The Morgan fingerprint density at radius 3 is 2.53 bits per heavy atom. The van der Waals surface area contributed by atoms with Crippen molar-refractivity contribution in [1.82, 2.24) is 19.7 Å². The van der Waals surface area contributed by atoms with Gasteiger partial charge in [-0.2, -0.15) is 0 Å². The predicted molar refractivity (Wildman–Crippen MR) is 139 cm³/mol. The highest BCUT2D eigenvalue weighted by molar-refractivity contribution is 7.19. The molecule has 1 atom stereocenters. The molecule has 1 N–H and O–H groups in total. The largest absolute Gasteiger partial charge is 0.351 e. The van der Waals surface area contributed by atoms with E-state index in [2.05, 4.69) is 33.8 Å². The molecule has 7 heteroatoms. The molecule has 2 aromatic rings. The van der Waals surface area contributed by atoms with E-state index in [4.69, 9.17) is 0 Å². The second-order valence-corrected chi connectivity index (χ2v) is 11.9. The Labute approximate surface area is 207 Å². The van der Waals surface area contributed by atoms with Gasteiger partial charge in [0.15, 0.2) is 0 Å². The van der Waals surface area contributed by atoms with E-state index < -0.39 is 5.54 Å². The summed E-state index contributed by atoms with van der Waals surface area (Å²) in [4.78, 5) is 33.4. The van der Waals surface area contributed by atoms with Gasteiger partial charge in [-0.1, -0.05) is 32.6 Å². The average Bonchev–Trinajstić information content (AvgIpc) is 3.50. The molecule has 2 amide bonds. The number of aryl methyl sites for hydroxylation is 1. The van der Waals surface area contributed by atoms with Crippen molar-refractivity contribution in [2.75, 3.05) is 26.2 Å². The highest BCUT2D eigenvalue weighted by Crippen LogP contribution is 2.36. The fourth-order valence-corrected chi connectivity index (χ4v) is 7.18. The molecule has 34 heavy (non-hydrogen) atoms. The number of rotatable bonds is 7. The van der Waals surface area contributed by atoms with Crippen LogP contribution in [0.3, 0.4) is 0 Å². The van der Waals surface area contributed by atoms with E-state index in [1.165, 1.54) is 43.4 Å². The monoisotopic (exact) mass is 484 g/mol. The van der Waals surface area contributed by atoms with Crippen LogP contribution in [-0.2, 0) is 17.8 Å². The molecule has 0 unspecified atom stereocenters. The van der Waals surface area contributed by atoms with Crippen molar-refractivity contribution in [2.24, 2.45) is 0 Å². The number of likely N-dealkylation sites (tertiary alicyclic amines) is 1. The molecule has 186 valence electrons. The second kappa shape index (κ2) is 10.0. The first-order chi connectivity index (χ1) is 16.5. The molecule has 1 aliphatic carbocycles. The summed E-state index contributed by atoms with van der Waals surface area (Å²) < 4.78 is 3.28. The number of carbonyl (C=O) groups is 2. The summed E-state index contributed by atoms with van der Waals surface area (Å²) in [6.45, 7) is 8.63. The van der Waals surface area contributed by atoms with E-state index in [1.807, 2.05) is 11.8 Å². The van der Waals surface area contributed by atoms with E-state index in [-0.39, 0.29) is 17.9 Å². The van der Waals surface area contributed by atoms with E-state index in [0.717, 1.165) is 61.2 Å². The van der Waals surface area contributed by atoms with Crippen LogP contribution in [0, 0.1) is 0 Å². The zero-order valence-corrected chi connectivity index (χ0v) is 21.7. The Kier molecular flexibility index (Phi) is 7.03. The van der Waals surface area contributed by atoms with Gasteiger partial charge in [0, 0.05) is 17.5 Å². The highest BCUT2D eigenvalue weighted by atomic mass is 32.1. The van der Waals surface area contributed by atoms with Crippen molar-refractivity contribution in [3.8, 4) is 0 Å². The van der Waals surface area contributed by atoms with Gasteiger partial charge in [0.2, 0.25) is 5.91 Å². The molecule has 0 bridgehead atoms. The number of fused-ring (bicyclic) bond motifs is 3. The van der Waals surface area contributed by atoms with Crippen LogP contribution in [0.4, 0.5) is 0 Å². The number of aromatic nitrogens is 1. The van der Waals surface area contributed by atoms with Gasteiger partial charge >= 0.3 is 0 Å². The lowest BCUT2D eigenvalue weighted by molar-refractivity contribution is -0.133. The summed E-state index contributed by atoms with van der Waals surface area (Å²) >= 11 is 1.77. The van der Waals surface area contributed by atoms with Crippen LogP contribution in [0.15, 0.2) is 12.1 Å². The number of carbonyl (C=O) groups excluding carboxylic acids is 2. The number of hydrogen-bond donors (Lipinski definition) is 1. The minimum atomic E-state index is -0.873. The fraction of sp³-hybridized carbons (Fsp3) is 0.704. The number of thiophene rings is 1. The quantitative estimate of drug-likeness (QED) is 0.574. The third-order valence-corrected chi connectivity index (χ3v) is 9.46. The van der Waals surface area contributed by atoms with Gasteiger partial charge < -0.3 is 19.7 Å². The van der Waals surface area contributed by atoms with Crippen LogP contribution in [0.2, 0.25) is 0 Å². The fourth-order valence-electron chi connectivity index (χ4n) is 6.14. The Hall–Kier alpha value is -1.86. The van der Waals surface area contributed by atoms with Gasteiger partial charge in [0.05, 0.1) is 16.8 Å². The zero-order chi connectivity index (χ0) is 23.7. The molecule has 6 nitrogen and oxygen atoms in total. The molecule has 0 aromatic carbocycles. The lowest BCUT2D eigenvalue weighted by Gasteiger charge is -2.45. The molecule has 0 radical (unpaired) electrons. The first-order valence-corrected chi connectivity index (χ1v) is 14.3. The van der Waals surface area contributed by atoms with Crippen LogP contribution < -0.4 is 5.32 Å². The molecule has 0 spiro atoms. The topological polar surface area (TPSA) is 57.6 Å². The summed E-state index contributed by atoms with van der Waals surface area (Å²) in [5.74, 6) is 0.0278. The Balaban J connectivity index is 1.42. The van der Waals surface area contributed by atoms with Crippen molar-refractivity contribution >= 4 is 33.4 Å². The van der Waals surface area contributed by atoms with Crippen LogP contribution in [0.1, 0.15) is 87.0 Å². The second-order valence-electron chi connectivity index (χ2n) is 10.7. The summed E-state index contributed by atoms with van der Waals surface area (Å²) in [5.41, 5.74) is 0.974. The van der Waals surface area contributed by atoms with E-state index in [0.29, 0.717) is 13.1 Å². The Morgan fingerprint density at radius 2 is 1.82 bits per heavy atom. The first kappa shape index (κ1) is 23.9. The van der Waals surface area contributed by atoms with Crippen LogP contribution in [0.25, 0.3) is 10.2 Å². The van der Waals surface area contributed by atoms with E-state index >= 15 is 0 Å². The lowest BCUT2D eigenvalue weighted by Crippen LogP contribution is -2.65. The van der Waals surface area contributed by atoms with Crippen LogP contribution in [-0.4, -0.2) is 63.9 Å². The third kappa shape index (κ3) is 4.53. The molecule has 4 heterocycles. The van der Waals surface area contributed by atoms with Gasteiger partial charge in [-0.25, -0.2) is 0 Å². The van der Waals surface area contributed by atoms with Crippen LogP contribution >= 0.6 is 11.3 Å². The third-order valence-electron chi connectivity index (χ3n) is 8.25. The zero-order valence-electron chi connectivity index (χ0n) is 20.9. The highest BCUT2D eigenvalue weighted by Gasteiger charge is 2.48. The van der Waals surface area contributed by atoms with Crippen molar-refractivity contribution in [3.63, 3.8) is 0 Å². The van der Waals surface area contributed by atoms with Gasteiger partial charge in [-0.15, -0.1) is 11.3 Å². The maximum Gasteiger partial charge on any atom is 0.271 e. The molecule has 2 aliphatic heterocycles. The predicted octanol–water partition coefficient (Wildman–Crippen LogP) is 4.80. The van der Waals surface area contributed by atoms with Crippen molar-refractivity contribution in [1.29, 1.82) is 0 Å². The maximum absolute atomic E-state index is 13.9. The number of amides is 2. The standard InChI is InChI=1S/C27H40N4O2S/c1-3-21-17-22-24(34-21)18-23-25(32)31(16-10-15-29-13-8-9-14-29)27(2,19-30(22)23)26(33)28-20-11-6-4-5-7-12-20/h17-18,20H,3-16,19H2,1-2H3,(H,28,33)/t27-/m0/s1. The van der Waals surface area contributed by atoms with Crippen molar-refractivity contribution in [2.45, 2.75) is 96.2 Å². The molecular weight excluding hydrogens is 444 g/mol. The Morgan fingerprint density at radius 1 is 1.09 bits per heavy atom. The molecular formula is C27H40N4O2S. The molecule has 1 saturated heterocycles. The average molecular weight is 485 g/mol. The number of hydrogen-bond acceptors (Lipinski definition) is 4. The molecule has 1 saturated carbocycles. The maximum atomic E-state index is 13.9. The number of nitrogens with one attached hydrogen (secondary N) is 1. The minimum absolute atomic E-state index is 0.00707. The molecule has 2 fully saturated rings. The Bertz CT molecular complexity index is 1030. The van der Waals surface area contributed by atoms with Crippen LogP contribution in [0.5, 0.6) is 0 Å². The smallest absolute Gasteiger partial charge is 0.271 e. The normalized spacial score (nSPS) is 24.5. The molecule has 5 rings (SSSR count). The summed E-state index contributed by atoms with van der Waals surface area (Å²) in [7, 11) is 0. The lowest BCUT2D eigenvalue weighted by atomic mass is 9.93. The number of nitrogens with zero attached hydrogens (tertiary/aromatic N) is 3. The SMILES string of the molecule is CCc1cc2c(cc3n2C[C@@](C)(C(=O)NC2CCCCCC2)N(CCCN2CCCC2)C3=O)s1.